The van der Waals surface area contributed by atoms with Crippen LogP contribution in [0.5, 0.6) is 0 Å². The minimum Gasteiger partial charge on any atom is -0.373 e. The van der Waals surface area contributed by atoms with Gasteiger partial charge in [-0.15, -0.1) is 0 Å². The molecule has 0 N–H and O–H groups in total. The maximum absolute atomic E-state index is 10.9. The van der Waals surface area contributed by atoms with E-state index in [1.165, 1.54) is 0 Å². The largest absolute Gasteiger partial charge is 0.373 e. The van der Waals surface area contributed by atoms with Gasteiger partial charge in [0, 0.05) is 7.11 Å². The van der Waals surface area contributed by atoms with Gasteiger partial charge in [0.1, 0.15) is 0 Å². The van der Waals surface area contributed by atoms with Gasteiger partial charge < -0.3 is 4.74 Å². The number of hydrogen-bond acceptors (Lipinski definition) is 2. The third kappa shape index (κ3) is 1.57. The molecule has 0 aliphatic heterocycles. The van der Waals surface area contributed by atoms with Crippen LogP contribution in [0.15, 0.2) is 23.3 Å². The van der Waals surface area contributed by atoms with E-state index in [2.05, 4.69) is 0 Å². The lowest BCUT2D eigenvalue weighted by Crippen LogP contribution is -2.18. The second-order valence-electron chi connectivity index (χ2n) is 2.79. The van der Waals surface area contributed by atoms with Crippen molar-refractivity contribution in [1.82, 2.24) is 0 Å². The molecular formula is C9H12O2. The van der Waals surface area contributed by atoms with Crippen LogP contribution >= 0.6 is 0 Å². The van der Waals surface area contributed by atoms with Crippen molar-refractivity contribution in [3.8, 4) is 0 Å². The number of allylic oxidation sites excluding steroid dienone is 2. The van der Waals surface area contributed by atoms with Gasteiger partial charge in [-0.25, -0.2) is 0 Å². The Morgan fingerprint density at radius 2 is 1.73 bits per heavy atom. The van der Waals surface area contributed by atoms with E-state index in [4.69, 9.17) is 4.74 Å². The number of hydrogen-bond donors (Lipinski definition) is 0. The van der Waals surface area contributed by atoms with E-state index in [0.29, 0.717) is 0 Å². The van der Waals surface area contributed by atoms with E-state index in [1.807, 2.05) is 13.8 Å². The Hall–Kier alpha value is -0.890. The van der Waals surface area contributed by atoms with Crippen LogP contribution in [0.1, 0.15) is 13.8 Å². The number of rotatable bonds is 1. The van der Waals surface area contributed by atoms with Gasteiger partial charge in [0.2, 0.25) is 0 Å². The zero-order valence-corrected chi connectivity index (χ0v) is 7.05. The highest BCUT2D eigenvalue weighted by Crippen LogP contribution is 2.18. The summed E-state index contributed by atoms with van der Waals surface area (Å²) < 4.78 is 5.18. The molecule has 0 spiro atoms. The molecule has 0 amide bonds. The van der Waals surface area contributed by atoms with Gasteiger partial charge in [-0.3, -0.25) is 4.79 Å². The van der Waals surface area contributed by atoms with Gasteiger partial charge in [-0.05, 0) is 37.1 Å². The van der Waals surface area contributed by atoms with Gasteiger partial charge in [0.25, 0.3) is 0 Å². The number of ether oxygens (including phenoxy) is 1. The van der Waals surface area contributed by atoms with E-state index in [1.54, 1.807) is 19.3 Å². The summed E-state index contributed by atoms with van der Waals surface area (Å²) in [6, 6.07) is 0. The van der Waals surface area contributed by atoms with E-state index in [-0.39, 0.29) is 11.9 Å². The highest BCUT2D eigenvalue weighted by Gasteiger charge is 2.17. The van der Waals surface area contributed by atoms with Crippen LogP contribution in [0.4, 0.5) is 0 Å². The maximum Gasteiger partial charge on any atom is 0.178 e. The first-order chi connectivity index (χ1) is 5.15. The second-order valence-corrected chi connectivity index (χ2v) is 2.79. The number of methoxy groups -OCH3 is 1. The quantitative estimate of drug-likeness (QED) is 0.568. The molecule has 0 unspecified atom stereocenters. The van der Waals surface area contributed by atoms with Crippen molar-refractivity contribution in [2.45, 2.75) is 20.0 Å². The number of carbonyl (C=O) groups excluding carboxylic acids is 1. The van der Waals surface area contributed by atoms with E-state index < -0.39 is 0 Å². The van der Waals surface area contributed by atoms with Crippen LogP contribution in [-0.2, 0) is 9.53 Å². The maximum atomic E-state index is 10.9. The molecule has 1 aliphatic carbocycles. The Bertz CT molecular complexity index is 214. The van der Waals surface area contributed by atoms with Crippen molar-refractivity contribution in [2.24, 2.45) is 0 Å². The van der Waals surface area contributed by atoms with Crippen molar-refractivity contribution in [1.29, 1.82) is 0 Å². The SMILES string of the molecule is COC1C(C)=CC(=O)C=C1C. The predicted molar refractivity (Wildman–Crippen MR) is 43.3 cm³/mol. The summed E-state index contributed by atoms with van der Waals surface area (Å²) in [6.07, 6.45) is 3.23. The van der Waals surface area contributed by atoms with Crippen molar-refractivity contribution in [3.05, 3.63) is 23.3 Å². The summed E-state index contributed by atoms with van der Waals surface area (Å²) in [7, 11) is 1.65. The van der Waals surface area contributed by atoms with Crippen LogP contribution in [-0.4, -0.2) is 19.0 Å². The van der Waals surface area contributed by atoms with Crippen LogP contribution in [0.25, 0.3) is 0 Å². The highest BCUT2D eigenvalue weighted by molar-refractivity contribution is 6.01. The van der Waals surface area contributed by atoms with Crippen LogP contribution in [0.2, 0.25) is 0 Å². The number of ketones is 1. The highest BCUT2D eigenvalue weighted by atomic mass is 16.5. The van der Waals surface area contributed by atoms with Crippen molar-refractivity contribution >= 4 is 5.78 Å². The van der Waals surface area contributed by atoms with E-state index >= 15 is 0 Å². The van der Waals surface area contributed by atoms with Crippen LogP contribution < -0.4 is 0 Å². The Morgan fingerprint density at radius 1 is 1.27 bits per heavy atom. The summed E-state index contributed by atoms with van der Waals surface area (Å²) in [5.41, 5.74) is 1.97. The van der Waals surface area contributed by atoms with Crippen molar-refractivity contribution in [2.75, 3.05) is 7.11 Å². The zero-order chi connectivity index (χ0) is 8.43. The van der Waals surface area contributed by atoms with Crippen molar-refractivity contribution in [3.63, 3.8) is 0 Å². The Kier molecular flexibility index (Phi) is 2.25. The lowest BCUT2D eigenvalue weighted by Gasteiger charge is -2.19. The average Bonchev–Trinajstić information content (AvgIpc) is 1.85. The molecule has 11 heavy (non-hydrogen) atoms. The van der Waals surface area contributed by atoms with Gasteiger partial charge >= 0.3 is 0 Å². The van der Waals surface area contributed by atoms with E-state index in [9.17, 15) is 4.79 Å². The summed E-state index contributed by atoms with van der Waals surface area (Å²) in [5.74, 6) is 0.0632. The molecule has 0 fully saturated rings. The molecule has 0 bridgehead atoms. The monoisotopic (exact) mass is 152 g/mol. The minimum atomic E-state index is 0.00713. The topological polar surface area (TPSA) is 26.3 Å². The Balaban J connectivity index is 2.90. The molecule has 1 rings (SSSR count). The van der Waals surface area contributed by atoms with Crippen LogP contribution in [0.3, 0.4) is 0 Å². The number of carbonyl (C=O) groups is 1. The third-order valence-corrected chi connectivity index (χ3v) is 1.80. The van der Waals surface area contributed by atoms with E-state index in [0.717, 1.165) is 11.1 Å². The van der Waals surface area contributed by atoms with Crippen molar-refractivity contribution < 1.29 is 9.53 Å². The third-order valence-electron chi connectivity index (χ3n) is 1.80. The molecule has 0 saturated carbocycles. The molecule has 0 atom stereocenters. The van der Waals surface area contributed by atoms with Gasteiger partial charge in [-0.2, -0.15) is 0 Å². The smallest absolute Gasteiger partial charge is 0.178 e. The Morgan fingerprint density at radius 3 is 2.09 bits per heavy atom. The first-order valence-corrected chi connectivity index (χ1v) is 3.58. The molecule has 0 radical (unpaired) electrons. The average molecular weight is 152 g/mol. The summed E-state index contributed by atoms with van der Waals surface area (Å²) in [5, 5.41) is 0. The zero-order valence-electron chi connectivity index (χ0n) is 7.05. The molecule has 1 aliphatic rings. The summed E-state index contributed by atoms with van der Waals surface area (Å²) in [6.45, 7) is 3.81. The van der Waals surface area contributed by atoms with Crippen LogP contribution in [0, 0.1) is 0 Å². The fourth-order valence-electron chi connectivity index (χ4n) is 1.37. The molecule has 2 nitrogen and oxygen atoms in total. The normalized spacial score (nSPS) is 19.7. The second kappa shape index (κ2) is 3.01. The molecular weight excluding hydrogens is 140 g/mol. The molecule has 0 heterocycles. The Labute approximate surface area is 66.5 Å². The molecule has 0 aromatic heterocycles. The van der Waals surface area contributed by atoms with Gasteiger partial charge in [0.15, 0.2) is 5.78 Å². The van der Waals surface area contributed by atoms with Gasteiger partial charge in [-0.1, -0.05) is 0 Å². The first-order valence-electron chi connectivity index (χ1n) is 3.58. The summed E-state index contributed by atoms with van der Waals surface area (Å²) in [4.78, 5) is 10.9. The standard InChI is InChI=1S/C9H12O2/c1-6-4-8(10)5-7(2)9(6)11-3/h4-5,9H,1-3H3. The fraction of sp³-hybridized carbons (Fsp3) is 0.444. The van der Waals surface area contributed by atoms with Gasteiger partial charge in [0.05, 0.1) is 6.10 Å². The lowest BCUT2D eigenvalue weighted by atomic mass is 9.97. The predicted octanol–water partition coefficient (Wildman–Crippen LogP) is 1.48. The first kappa shape index (κ1) is 8.21. The minimum absolute atomic E-state index is 0.00713. The molecule has 60 valence electrons. The molecule has 0 aromatic rings. The fourth-order valence-corrected chi connectivity index (χ4v) is 1.37. The molecule has 2 heteroatoms. The molecule has 0 aromatic carbocycles. The summed E-state index contributed by atoms with van der Waals surface area (Å²) >= 11 is 0. The molecule has 0 saturated heterocycles. The lowest BCUT2D eigenvalue weighted by molar-refractivity contribution is -0.110.